The zero-order chi connectivity index (χ0) is 10.9. The van der Waals surface area contributed by atoms with Crippen molar-refractivity contribution in [2.45, 2.75) is 13.3 Å². The van der Waals surface area contributed by atoms with Crippen molar-refractivity contribution in [3.63, 3.8) is 0 Å². The second-order valence-electron chi connectivity index (χ2n) is 2.60. The van der Waals surface area contributed by atoms with Gasteiger partial charge >= 0.3 is 0 Å². The van der Waals surface area contributed by atoms with Gasteiger partial charge in [-0.25, -0.2) is 13.8 Å². The fourth-order valence-corrected chi connectivity index (χ4v) is 1.73. The van der Waals surface area contributed by atoms with E-state index in [2.05, 4.69) is 20.9 Å². The molecule has 14 heavy (non-hydrogen) atoms. The number of halogens is 4. The van der Waals surface area contributed by atoms with Gasteiger partial charge in [0.1, 0.15) is 10.3 Å². The van der Waals surface area contributed by atoms with Crippen molar-refractivity contribution in [3.05, 3.63) is 27.5 Å². The van der Waals surface area contributed by atoms with Crippen LogP contribution in [0.2, 0.25) is 0 Å². The van der Waals surface area contributed by atoms with Crippen molar-refractivity contribution in [2.75, 3.05) is 0 Å². The number of carbonyl (C=O) groups excluding carboxylic acids is 1. The van der Waals surface area contributed by atoms with Crippen molar-refractivity contribution < 1.29 is 13.6 Å². The maximum Gasteiger partial charge on any atom is 0.271 e. The van der Waals surface area contributed by atoms with Crippen LogP contribution >= 0.6 is 27.5 Å². The Bertz CT molecular complexity index is 384. The second-order valence-corrected chi connectivity index (χ2v) is 3.75. The fourth-order valence-electron chi connectivity index (χ4n) is 1.07. The summed E-state index contributed by atoms with van der Waals surface area (Å²) in [6, 6.07) is 1.41. The van der Waals surface area contributed by atoms with E-state index < -0.39 is 22.9 Å². The lowest BCUT2D eigenvalue weighted by atomic mass is 10.1. The molecule has 1 aromatic rings. The molecular weight excluding hydrogens is 279 g/mol. The first kappa shape index (κ1) is 11.5. The summed E-state index contributed by atoms with van der Waals surface area (Å²) in [5.74, 6) is 0. The molecule has 0 saturated carbocycles. The van der Waals surface area contributed by atoms with Crippen LogP contribution in [0.4, 0.5) is 8.78 Å². The van der Waals surface area contributed by atoms with Crippen LogP contribution < -0.4 is 0 Å². The molecule has 0 spiro atoms. The minimum atomic E-state index is -2.76. The molecule has 0 atom stereocenters. The lowest BCUT2D eigenvalue weighted by Gasteiger charge is -2.08. The summed E-state index contributed by atoms with van der Waals surface area (Å²) in [4.78, 5) is 14.4. The Morgan fingerprint density at radius 2 is 2.21 bits per heavy atom. The molecule has 6 heteroatoms. The summed E-state index contributed by atoms with van der Waals surface area (Å²) in [6.45, 7) is 1.47. The Morgan fingerprint density at radius 3 is 2.64 bits per heavy atom. The van der Waals surface area contributed by atoms with Crippen LogP contribution in [0.3, 0.4) is 0 Å². The molecule has 0 N–H and O–H groups in total. The molecule has 0 radical (unpaired) electrons. The van der Waals surface area contributed by atoms with Crippen molar-refractivity contribution in [2.24, 2.45) is 0 Å². The Morgan fingerprint density at radius 1 is 1.64 bits per heavy atom. The zero-order valence-electron chi connectivity index (χ0n) is 7.02. The molecule has 0 saturated heterocycles. The highest BCUT2D eigenvalue weighted by Gasteiger charge is 2.21. The molecule has 0 unspecified atom stereocenters. The summed E-state index contributed by atoms with van der Waals surface area (Å²) in [6.07, 6.45) is -2.76. The van der Waals surface area contributed by atoms with E-state index in [1.54, 1.807) is 0 Å². The van der Waals surface area contributed by atoms with E-state index in [0.29, 0.717) is 4.60 Å². The molecule has 2 nitrogen and oxygen atoms in total. The maximum atomic E-state index is 12.5. The first-order valence-corrected chi connectivity index (χ1v) is 4.75. The summed E-state index contributed by atoms with van der Waals surface area (Å²) < 4.78 is 25.3. The summed E-state index contributed by atoms with van der Waals surface area (Å²) >= 11 is 8.14. The van der Waals surface area contributed by atoms with Gasteiger partial charge < -0.3 is 0 Å². The standard InChI is InChI=1S/C8H5BrClF2NO/c1-3-2-4(9)13-6(7(10)14)5(3)8(11)12/h2,8H,1H3. The van der Waals surface area contributed by atoms with Gasteiger partial charge in [0, 0.05) is 0 Å². The van der Waals surface area contributed by atoms with Crippen LogP contribution in [0.5, 0.6) is 0 Å². The third-order valence-corrected chi connectivity index (χ3v) is 2.22. The zero-order valence-corrected chi connectivity index (χ0v) is 9.36. The van der Waals surface area contributed by atoms with Crippen molar-refractivity contribution in [1.29, 1.82) is 0 Å². The minimum Gasteiger partial charge on any atom is -0.274 e. The monoisotopic (exact) mass is 283 g/mol. The number of aryl methyl sites for hydroxylation is 1. The summed E-state index contributed by atoms with van der Waals surface area (Å²) in [5.41, 5.74) is -0.521. The highest BCUT2D eigenvalue weighted by Crippen LogP contribution is 2.28. The fraction of sp³-hybridized carbons (Fsp3) is 0.250. The second kappa shape index (κ2) is 4.31. The van der Waals surface area contributed by atoms with E-state index in [-0.39, 0.29) is 5.56 Å². The van der Waals surface area contributed by atoms with Crippen LogP contribution in [-0.4, -0.2) is 10.2 Å². The lowest BCUT2D eigenvalue weighted by molar-refractivity contribution is 0.106. The summed E-state index contributed by atoms with van der Waals surface area (Å²) in [7, 11) is 0. The molecule has 0 bridgehead atoms. The molecular formula is C8H5BrClF2NO. The van der Waals surface area contributed by atoms with Gasteiger partial charge in [-0.1, -0.05) is 0 Å². The third-order valence-electron chi connectivity index (χ3n) is 1.64. The normalized spacial score (nSPS) is 10.7. The van der Waals surface area contributed by atoms with Gasteiger partial charge in [-0.2, -0.15) is 0 Å². The molecule has 0 aliphatic heterocycles. The van der Waals surface area contributed by atoms with E-state index in [1.165, 1.54) is 13.0 Å². The van der Waals surface area contributed by atoms with E-state index in [0.717, 1.165) is 0 Å². The number of hydrogen-bond acceptors (Lipinski definition) is 2. The van der Waals surface area contributed by atoms with E-state index >= 15 is 0 Å². The molecule has 1 aromatic heterocycles. The number of hydrogen-bond donors (Lipinski definition) is 0. The smallest absolute Gasteiger partial charge is 0.271 e. The van der Waals surface area contributed by atoms with Gasteiger partial charge in [0.25, 0.3) is 11.7 Å². The van der Waals surface area contributed by atoms with Crippen molar-refractivity contribution >= 4 is 32.8 Å². The highest BCUT2D eigenvalue weighted by molar-refractivity contribution is 9.10. The van der Waals surface area contributed by atoms with Crippen molar-refractivity contribution in [1.82, 2.24) is 4.98 Å². The summed E-state index contributed by atoms with van der Waals surface area (Å²) in [5, 5.41) is -0.982. The topological polar surface area (TPSA) is 30.0 Å². The first-order chi connectivity index (χ1) is 6.43. The first-order valence-electron chi connectivity index (χ1n) is 3.58. The van der Waals surface area contributed by atoms with Gasteiger partial charge in [-0.05, 0) is 46.1 Å². The molecule has 1 heterocycles. The molecule has 76 valence electrons. The van der Waals surface area contributed by atoms with E-state index in [4.69, 9.17) is 11.6 Å². The molecule has 0 amide bonds. The predicted octanol–water partition coefficient (Wildman–Crippen LogP) is 3.47. The predicted molar refractivity (Wildman–Crippen MR) is 51.8 cm³/mol. The molecule has 0 aliphatic carbocycles. The molecule has 0 aliphatic rings. The molecule has 0 aromatic carbocycles. The number of nitrogens with zero attached hydrogens (tertiary/aromatic N) is 1. The van der Waals surface area contributed by atoms with Crippen LogP contribution in [0.15, 0.2) is 10.7 Å². The Labute approximate surface area is 92.4 Å². The number of aromatic nitrogens is 1. The van der Waals surface area contributed by atoms with Crippen LogP contribution in [0, 0.1) is 6.92 Å². The Balaban J connectivity index is 3.44. The number of rotatable bonds is 2. The number of alkyl halides is 2. The maximum absolute atomic E-state index is 12.5. The van der Waals surface area contributed by atoms with Gasteiger partial charge in [0.05, 0.1) is 5.56 Å². The van der Waals surface area contributed by atoms with Crippen LogP contribution in [0.25, 0.3) is 0 Å². The lowest BCUT2D eigenvalue weighted by Crippen LogP contribution is -2.05. The van der Waals surface area contributed by atoms with Gasteiger partial charge in [0.15, 0.2) is 0 Å². The highest BCUT2D eigenvalue weighted by atomic mass is 79.9. The number of pyridine rings is 1. The van der Waals surface area contributed by atoms with Gasteiger partial charge in [0.2, 0.25) is 0 Å². The molecule has 0 fully saturated rings. The average Bonchev–Trinajstić information content (AvgIpc) is 2.01. The average molecular weight is 284 g/mol. The van der Waals surface area contributed by atoms with E-state index in [9.17, 15) is 13.6 Å². The molecule has 1 rings (SSSR count). The van der Waals surface area contributed by atoms with E-state index in [1.807, 2.05) is 0 Å². The third kappa shape index (κ3) is 2.27. The van der Waals surface area contributed by atoms with Crippen molar-refractivity contribution in [3.8, 4) is 0 Å². The van der Waals surface area contributed by atoms with Gasteiger partial charge in [-0.15, -0.1) is 0 Å². The van der Waals surface area contributed by atoms with Gasteiger partial charge in [-0.3, -0.25) is 4.79 Å². The Hall–Kier alpha value is -0.550. The SMILES string of the molecule is Cc1cc(Br)nc(C(=O)Cl)c1C(F)F. The minimum absolute atomic E-state index is 0.283. The van der Waals surface area contributed by atoms with Crippen LogP contribution in [0.1, 0.15) is 28.0 Å². The Kier molecular flexibility index (Phi) is 3.55. The quantitative estimate of drug-likeness (QED) is 0.615. The number of carbonyl (C=O) groups is 1. The largest absolute Gasteiger partial charge is 0.274 e. The van der Waals surface area contributed by atoms with Crippen LogP contribution in [-0.2, 0) is 0 Å².